The molecule has 0 bridgehead atoms. The number of pyridine rings is 1. The van der Waals surface area contributed by atoms with Crippen molar-refractivity contribution in [1.29, 1.82) is 5.26 Å². The van der Waals surface area contributed by atoms with E-state index in [1.807, 2.05) is 6.07 Å². The number of benzene rings is 9. The molecule has 0 spiro atoms. The Bertz CT molecular complexity index is 4830. The highest BCUT2D eigenvalue weighted by Gasteiger charge is 2.41. The van der Waals surface area contributed by atoms with E-state index in [2.05, 4.69) is 0 Å². The summed E-state index contributed by atoms with van der Waals surface area (Å²) in [5, 5.41) is 10.1. The first-order chi connectivity index (χ1) is 43.3. The fourth-order valence-corrected chi connectivity index (χ4v) is 11.4. The van der Waals surface area contributed by atoms with Gasteiger partial charge in [-0.1, -0.05) is 42.5 Å². The molecule has 0 atom stereocenters. The van der Waals surface area contributed by atoms with Gasteiger partial charge in [0.25, 0.3) is 0 Å². The Morgan fingerprint density at radius 1 is 0.301 bits per heavy atom. The fourth-order valence-electron chi connectivity index (χ4n) is 11.4. The molecule has 3 heterocycles. The molecule has 0 radical (unpaired) electrons. The predicted octanol–water partition coefficient (Wildman–Crippen LogP) is 22.9. The van der Waals surface area contributed by atoms with Crippen molar-refractivity contribution in [2.24, 2.45) is 0 Å². The molecule has 0 N–H and O–H groups in total. The summed E-state index contributed by atoms with van der Waals surface area (Å²) in [6, 6.07) is 30.6. The molecular weight excluding hydrogens is 1270 g/mol. The Hall–Kier alpha value is -10.3. The van der Waals surface area contributed by atoms with Crippen LogP contribution in [0.4, 0.5) is 92.2 Å². The van der Waals surface area contributed by atoms with Crippen molar-refractivity contribution >= 4 is 43.6 Å². The number of nitriles is 1. The van der Waals surface area contributed by atoms with Crippen LogP contribution in [0.1, 0.15) is 50.1 Å². The molecule has 0 aliphatic heterocycles. The van der Waals surface area contributed by atoms with Crippen molar-refractivity contribution in [3.63, 3.8) is 0 Å². The van der Waals surface area contributed by atoms with E-state index in [0.29, 0.717) is 42.0 Å². The van der Waals surface area contributed by atoms with Gasteiger partial charge in [-0.2, -0.15) is 97.5 Å². The standard InChI is InChI=1S/C68H33F21N4/c1-33-14-40(16-44(15-33)62(69,70)71)36-8-12-58-54(23-36)55-26-39(43-21-49(67(84,85)86)29-50(22-43)68(87,88)89)9-13-59(55)93(58)61-30-51(35-4-2-34(31-90)3-5-35)60(32-91-61)92-56-10-6-37(41-17-45(63(72,73)74)27-46(18-41)64(75,76)77)24-52(56)53-25-38(7-11-57(53)92)42-19-47(65(78,79)80)28-48(20-42)66(81,82)83/h2-30,32H,1H3. The minimum absolute atomic E-state index is 0.00711. The fraction of sp³-hybridized carbons (Fsp3) is 0.118. The predicted molar refractivity (Wildman–Crippen MR) is 305 cm³/mol. The van der Waals surface area contributed by atoms with E-state index in [-0.39, 0.29) is 118 Å². The quantitative estimate of drug-likeness (QED) is 0.149. The van der Waals surface area contributed by atoms with Gasteiger partial charge in [0.15, 0.2) is 0 Å². The molecule has 0 unspecified atom stereocenters. The van der Waals surface area contributed by atoms with Crippen LogP contribution >= 0.6 is 0 Å². The van der Waals surface area contributed by atoms with Crippen LogP contribution in [0.3, 0.4) is 0 Å². The largest absolute Gasteiger partial charge is 0.416 e. The van der Waals surface area contributed by atoms with Gasteiger partial charge in [-0.25, -0.2) is 4.98 Å². The maximum Gasteiger partial charge on any atom is 0.416 e. The second kappa shape index (κ2) is 21.7. The number of hydrogen-bond donors (Lipinski definition) is 0. The first kappa shape index (κ1) is 62.9. The lowest BCUT2D eigenvalue weighted by Gasteiger charge is -2.17. The van der Waals surface area contributed by atoms with E-state index < -0.39 is 98.9 Å². The highest BCUT2D eigenvalue weighted by Crippen LogP contribution is 2.47. The van der Waals surface area contributed by atoms with Gasteiger partial charge in [0.1, 0.15) is 5.82 Å². The van der Waals surface area contributed by atoms with Gasteiger partial charge in [0.2, 0.25) is 0 Å². The van der Waals surface area contributed by atoms with Crippen LogP contribution in [0.5, 0.6) is 0 Å². The molecule has 93 heavy (non-hydrogen) atoms. The first-order valence-electron chi connectivity index (χ1n) is 27.1. The third-order valence-electron chi connectivity index (χ3n) is 15.7. The molecule has 0 amide bonds. The molecule has 0 aliphatic carbocycles. The molecular formula is C68H33F21N4. The zero-order valence-corrected chi connectivity index (χ0v) is 46.5. The third-order valence-corrected chi connectivity index (χ3v) is 15.7. The lowest BCUT2D eigenvalue weighted by molar-refractivity contribution is -0.144. The zero-order chi connectivity index (χ0) is 67.0. The van der Waals surface area contributed by atoms with Crippen LogP contribution in [0.25, 0.3) is 111 Å². The average Bonchev–Trinajstić information content (AvgIpc) is 1.59. The minimum atomic E-state index is -5.31. The molecule has 3 aromatic heterocycles. The molecule has 4 nitrogen and oxygen atoms in total. The van der Waals surface area contributed by atoms with Gasteiger partial charge in [-0.15, -0.1) is 0 Å². The molecule has 0 saturated heterocycles. The van der Waals surface area contributed by atoms with Crippen molar-refractivity contribution < 1.29 is 92.2 Å². The van der Waals surface area contributed by atoms with Crippen molar-refractivity contribution in [3.8, 4) is 73.2 Å². The van der Waals surface area contributed by atoms with E-state index in [1.54, 1.807) is 0 Å². The van der Waals surface area contributed by atoms with Gasteiger partial charge < -0.3 is 4.57 Å². The number of nitrogens with zero attached hydrogens (tertiary/aromatic N) is 4. The van der Waals surface area contributed by atoms with E-state index in [0.717, 1.165) is 12.1 Å². The molecule has 12 rings (SSSR count). The van der Waals surface area contributed by atoms with Crippen molar-refractivity contribution in [2.75, 3.05) is 0 Å². The Morgan fingerprint density at radius 3 is 0.882 bits per heavy atom. The summed E-state index contributed by atoms with van der Waals surface area (Å²) < 4.78 is 303. The monoisotopic (exact) mass is 1300 g/mol. The smallest absolute Gasteiger partial charge is 0.307 e. The summed E-state index contributed by atoms with van der Waals surface area (Å²) in [6.45, 7) is 1.42. The summed E-state index contributed by atoms with van der Waals surface area (Å²) in [5.74, 6) is -0.00711. The van der Waals surface area contributed by atoms with E-state index in [1.165, 1.54) is 131 Å². The summed E-state index contributed by atoms with van der Waals surface area (Å²) in [5.41, 5.74) is -11.8. The second-order valence-corrected chi connectivity index (χ2v) is 21.8. The Balaban J connectivity index is 1.14. The number of alkyl halides is 21. The molecule has 0 aliphatic rings. The highest BCUT2D eigenvalue weighted by atomic mass is 19.4. The lowest BCUT2D eigenvalue weighted by Crippen LogP contribution is -2.11. The van der Waals surface area contributed by atoms with E-state index in [4.69, 9.17) is 4.98 Å². The Labute approximate surface area is 509 Å². The summed E-state index contributed by atoms with van der Waals surface area (Å²) in [7, 11) is 0. The van der Waals surface area contributed by atoms with E-state index in [9.17, 15) is 97.5 Å². The van der Waals surface area contributed by atoms with Gasteiger partial charge in [-0.05, 0) is 196 Å². The van der Waals surface area contributed by atoms with Crippen molar-refractivity contribution in [1.82, 2.24) is 14.1 Å². The molecule has 472 valence electrons. The molecule has 12 aromatic rings. The zero-order valence-electron chi connectivity index (χ0n) is 46.5. The maximum absolute atomic E-state index is 14.3. The van der Waals surface area contributed by atoms with Gasteiger partial charge in [0.05, 0.1) is 84.5 Å². The number of rotatable bonds is 7. The SMILES string of the molecule is Cc1cc(-c2ccc3c(c2)c2cc(-c4cc(C(F)(F)F)cc(C(F)(F)F)c4)ccc2n3-c2cc(-c3ccc(C#N)cc3)c(-n3c4ccc(-c5cc(C(F)(F)F)cc(C(F)(F)F)c5)cc4c4cc(-c5cc(C(F)(F)F)cc(C(F)(F)F)c5)ccc43)cn2)cc(C(F)(F)F)c1. The first-order valence-corrected chi connectivity index (χ1v) is 27.1. The number of hydrogen-bond acceptors (Lipinski definition) is 2. The summed E-state index contributed by atoms with van der Waals surface area (Å²) >= 11 is 0. The number of fused-ring (bicyclic) bond motifs is 6. The Kier molecular flexibility index (Phi) is 14.7. The van der Waals surface area contributed by atoms with Crippen LogP contribution in [0.2, 0.25) is 0 Å². The second-order valence-electron chi connectivity index (χ2n) is 21.8. The minimum Gasteiger partial charge on any atom is -0.307 e. The lowest BCUT2D eigenvalue weighted by atomic mass is 9.96. The van der Waals surface area contributed by atoms with Crippen LogP contribution < -0.4 is 0 Å². The van der Waals surface area contributed by atoms with Gasteiger partial charge in [0, 0.05) is 27.1 Å². The summed E-state index contributed by atoms with van der Waals surface area (Å²) in [6.07, 6.45) is -35.3. The van der Waals surface area contributed by atoms with Crippen LogP contribution in [0, 0.1) is 18.3 Å². The molecule has 0 fully saturated rings. The van der Waals surface area contributed by atoms with E-state index >= 15 is 0 Å². The molecule has 0 saturated carbocycles. The van der Waals surface area contributed by atoms with Gasteiger partial charge >= 0.3 is 43.2 Å². The number of aryl methyl sites for hydroxylation is 1. The van der Waals surface area contributed by atoms with Crippen LogP contribution in [-0.2, 0) is 43.2 Å². The van der Waals surface area contributed by atoms with Crippen molar-refractivity contribution in [3.05, 3.63) is 232 Å². The van der Waals surface area contributed by atoms with Crippen LogP contribution in [0.15, 0.2) is 182 Å². The topological polar surface area (TPSA) is 46.5 Å². The molecule has 25 heteroatoms. The van der Waals surface area contributed by atoms with Crippen molar-refractivity contribution in [2.45, 2.75) is 50.2 Å². The Morgan fingerprint density at radius 2 is 0.581 bits per heavy atom. The van der Waals surface area contributed by atoms with Gasteiger partial charge in [-0.3, -0.25) is 4.57 Å². The average molecular weight is 1300 g/mol. The molecule has 9 aromatic carbocycles. The number of aromatic nitrogens is 3. The normalized spacial score (nSPS) is 13.0. The van der Waals surface area contributed by atoms with Crippen LogP contribution in [-0.4, -0.2) is 14.1 Å². The number of halogens is 21. The summed E-state index contributed by atoms with van der Waals surface area (Å²) in [4.78, 5) is 4.85. The maximum atomic E-state index is 14.3. The third kappa shape index (κ3) is 11.9. The highest BCUT2D eigenvalue weighted by molar-refractivity contribution is 6.13.